The van der Waals surface area contributed by atoms with E-state index in [1.54, 1.807) is 0 Å². The van der Waals surface area contributed by atoms with Crippen LogP contribution in [0.3, 0.4) is 0 Å². The third-order valence-electron chi connectivity index (χ3n) is 5.08. The van der Waals surface area contributed by atoms with Crippen LogP contribution in [-0.4, -0.2) is 23.9 Å². The number of hydrogen-bond acceptors (Lipinski definition) is 2. The number of benzene rings is 1. The average molecular weight is 406 g/mol. The van der Waals surface area contributed by atoms with Crippen molar-refractivity contribution in [3.8, 4) is 0 Å². The second kappa shape index (κ2) is 13.9. The van der Waals surface area contributed by atoms with Crippen LogP contribution in [0.4, 0.5) is 0 Å². The average Bonchev–Trinajstić information content (AvgIpc) is 2.65. The molecule has 0 aromatic heterocycles. The summed E-state index contributed by atoms with van der Waals surface area (Å²) in [6.07, 6.45) is 7.59. The second-order valence-electron chi connectivity index (χ2n) is 8.84. The van der Waals surface area contributed by atoms with Crippen LogP contribution in [0.2, 0.25) is 0 Å². The zero-order valence-corrected chi connectivity index (χ0v) is 19.5. The Morgan fingerprint density at radius 3 is 2.14 bits per heavy atom. The van der Waals surface area contributed by atoms with E-state index in [1.807, 2.05) is 23.1 Å². The van der Waals surface area contributed by atoms with Gasteiger partial charge in [0.2, 0.25) is 5.91 Å². The van der Waals surface area contributed by atoms with Gasteiger partial charge in [0.15, 0.2) is 8.46 Å². The monoisotopic (exact) mass is 405 g/mol. The van der Waals surface area contributed by atoms with Gasteiger partial charge in [-0.3, -0.25) is 9.36 Å². The molecule has 0 aliphatic carbocycles. The number of nitrogens with zero attached hydrogens (tertiary/aromatic N) is 1. The molecule has 0 saturated carbocycles. The third-order valence-corrected chi connectivity index (χ3v) is 5.68. The van der Waals surface area contributed by atoms with Crippen molar-refractivity contribution in [2.45, 2.75) is 85.5 Å². The summed E-state index contributed by atoms with van der Waals surface area (Å²) in [6, 6.07) is 7.89. The number of rotatable bonds is 14. The fourth-order valence-electron chi connectivity index (χ4n) is 3.78. The van der Waals surface area contributed by atoms with Crippen LogP contribution in [0.1, 0.15) is 91.0 Å². The van der Waals surface area contributed by atoms with E-state index in [2.05, 4.69) is 40.7 Å². The molecule has 28 heavy (non-hydrogen) atoms. The van der Waals surface area contributed by atoms with Gasteiger partial charge in [-0.25, -0.2) is 0 Å². The smallest absolute Gasteiger partial charge is 0.223 e. The first-order valence-corrected chi connectivity index (χ1v) is 11.9. The van der Waals surface area contributed by atoms with Gasteiger partial charge in [-0.05, 0) is 35.8 Å². The molecule has 0 spiro atoms. The minimum absolute atomic E-state index is 0.0444. The van der Waals surface area contributed by atoms with E-state index < -0.39 is 0 Å². The van der Waals surface area contributed by atoms with Crippen LogP contribution in [0.25, 0.3) is 0 Å². The Kier molecular flexibility index (Phi) is 12.3. The van der Waals surface area contributed by atoms with Gasteiger partial charge in [-0.15, -0.1) is 0 Å². The Bertz CT molecular complexity index is 576. The number of amides is 1. The SMILES string of the molecule is CCCCCCCC(CC(=O)N(CC(C)C)CC(C)C)c1ccccc1P=O. The Morgan fingerprint density at radius 1 is 0.964 bits per heavy atom. The largest absolute Gasteiger partial charge is 0.342 e. The fourth-order valence-corrected chi connectivity index (χ4v) is 4.29. The molecule has 0 fully saturated rings. The minimum atomic E-state index is 0.0444. The molecule has 1 aromatic rings. The molecule has 0 aliphatic heterocycles. The van der Waals surface area contributed by atoms with Crippen LogP contribution in [0, 0.1) is 11.8 Å². The van der Waals surface area contributed by atoms with Crippen molar-refractivity contribution in [1.82, 2.24) is 4.90 Å². The van der Waals surface area contributed by atoms with E-state index in [0.29, 0.717) is 18.3 Å². The summed E-state index contributed by atoms with van der Waals surface area (Å²) in [4.78, 5) is 15.2. The van der Waals surface area contributed by atoms with E-state index in [0.717, 1.165) is 36.8 Å². The summed E-state index contributed by atoms with van der Waals surface area (Å²) in [7, 11) is 0.0444. The zero-order chi connectivity index (χ0) is 20.9. The lowest BCUT2D eigenvalue weighted by Crippen LogP contribution is -2.37. The third kappa shape index (κ3) is 9.32. The zero-order valence-electron chi connectivity index (χ0n) is 18.6. The summed E-state index contributed by atoms with van der Waals surface area (Å²) in [5.74, 6) is 1.30. The van der Waals surface area contributed by atoms with E-state index in [4.69, 9.17) is 0 Å². The summed E-state index contributed by atoms with van der Waals surface area (Å²) in [6.45, 7) is 12.5. The number of unbranched alkanes of at least 4 members (excludes halogenated alkanes) is 4. The first-order chi connectivity index (χ1) is 13.4. The molecule has 4 heteroatoms. The highest BCUT2D eigenvalue weighted by Crippen LogP contribution is 2.28. The van der Waals surface area contributed by atoms with Crippen LogP contribution in [0.15, 0.2) is 24.3 Å². The Balaban J connectivity index is 2.92. The molecule has 1 amide bonds. The first kappa shape index (κ1) is 24.8. The molecular weight excluding hydrogens is 365 g/mol. The number of carbonyl (C=O) groups excluding carboxylic acids is 1. The molecule has 0 radical (unpaired) electrons. The van der Waals surface area contributed by atoms with Gasteiger partial charge in [0.25, 0.3) is 0 Å². The Labute approximate surface area is 174 Å². The lowest BCUT2D eigenvalue weighted by Gasteiger charge is -2.29. The van der Waals surface area contributed by atoms with Crippen LogP contribution < -0.4 is 5.30 Å². The van der Waals surface area contributed by atoms with E-state index in [1.165, 1.54) is 25.7 Å². The molecular formula is C24H40NO2P. The van der Waals surface area contributed by atoms with Crippen molar-refractivity contribution < 1.29 is 9.36 Å². The normalized spacial score (nSPS) is 12.7. The summed E-state index contributed by atoms with van der Waals surface area (Å²) < 4.78 is 11.7. The summed E-state index contributed by atoms with van der Waals surface area (Å²) >= 11 is 0. The molecule has 0 N–H and O–H groups in total. The molecule has 1 unspecified atom stereocenters. The molecule has 0 heterocycles. The highest BCUT2D eigenvalue weighted by molar-refractivity contribution is 7.34. The molecule has 1 rings (SSSR count). The fraction of sp³-hybridized carbons (Fsp3) is 0.708. The molecule has 3 nitrogen and oxygen atoms in total. The van der Waals surface area contributed by atoms with Gasteiger partial charge < -0.3 is 4.90 Å². The summed E-state index contributed by atoms with van der Waals surface area (Å²) in [5, 5.41) is 0.827. The minimum Gasteiger partial charge on any atom is -0.342 e. The highest BCUT2D eigenvalue weighted by Gasteiger charge is 2.23. The van der Waals surface area contributed by atoms with Crippen molar-refractivity contribution in [3.63, 3.8) is 0 Å². The van der Waals surface area contributed by atoms with Crippen molar-refractivity contribution in [3.05, 3.63) is 29.8 Å². The second-order valence-corrected chi connectivity index (χ2v) is 9.50. The molecule has 0 saturated heterocycles. The van der Waals surface area contributed by atoms with Crippen molar-refractivity contribution in [2.24, 2.45) is 11.8 Å². The predicted octanol–water partition coefficient (Wildman–Crippen LogP) is 6.58. The van der Waals surface area contributed by atoms with Gasteiger partial charge >= 0.3 is 0 Å². The van der Waals surface area contributed by atoms with Gasteiger partial charge in [-0.2, -0.15) is 0 Å². The first-order valence-electron chi connectivity index (χ1n) is 11.1. The maximum atomic E-state index is 13.2. The van der Waals surface area contributed by atoms with Gasteiger partial charge in [-0.1, -0.05) is 84.9 Å². The van der Waals surface area contributed by atoms with E-state index in [-0.39, 0.29) is 20.3 Å². The van der Waals surface area contributed by atoms with Crippen molar-refractivity contribution >= 4 is 19.7 Å². The Morgan fingerprint density at radius 2 is 1.57 bits per heavy atom. The Hall–Kier alpha value is -1.21. The van der Waals surface area contributed by atoms with E-state index in [9.17, 15) is 9.36 Å². The maximum absolute atomic E-state index is 13.2. The lowest BCUT2D eigenvalue weighted by molar-refractivity contribution is -0.132. The van der Waals surface area contributed by atoms with Crippen molar-refractivity contribution in [2.75, 3.05) is 13.1 Å². The number of carbonyl (C=O) groups is 1. The van der Waals surface area contributed by atoms with Crippen LogP contribution in [0.5, 0.6) is 0 Å². The molecule has 158 valence electrons. The number of hydrogen-bond donors (Lipinski definition) is 0. The molecule has 1 atom stereocenters. The van der Waals surface area contributed by atoms with Crippen LogP contribution in [-0.2, 0) is 9.36 Å². The van der Waals surface area contributed by atoms with Gasteiger partial charge in [0.1, 0.15) is 0 Å². The quantitative estimate of drug-likeness (QED) is 0.259. The summed E-state index contributed by atoms with van der Waals surface area (Å²) in [5.41, 5.74) is 1.08. The van der Waals surface area contributed by atoms with E-state index >= 15 is 0 Å². The standard InChI is InChI=1S/C24H40NO2P/c1-6-7-8-9-10-13-21(22-14-11-12-15-23(22)28-27)16-24(26)25(17-19(2)3)18-20(4)5/h11-12,14-15,19-21H,6-10,13,16-18H2,1-5H3. The molecule has 0 bridgehead atoms. The molecule has 0 aliphatic rings. The lowest BCUT2D eigenvalue weighted by atomic mass is 9.89. The van der Waals surface area contributed by atoms with Crippen molar-refractivity contribution in [1.29, 1.82) is 0 Å². The predicted molar refractivity (Wildman–Crippen MR) is 121 cm³/mol. The molecule has 1 aromatic carbocycles. The van der Waals surface area contributed by atoms with Crippen LogP contribution >= 0.6 is 8.46 Å². The highest BCUT2D eigenvalue weighted by atomic mass is 31.1. The topological polar surface area (TPSA) is 37.4 Å². The maximum Gasteiger partial charge on any atom is 0.223 e. The van der Waals surface area contributed by atoms with Gasteiger partial charge in [0.05, 0.1) is 0 Å². The van der Waals surface area contributed by atoms with Gasteiger partial charge in [0, 0.05) is 24.8 Å².